The molecule has 0 spiro atoms. The van der Waals surface area contributed by atoms with E-state index in [4.69, 9.17) is 9.47 Å². The number of unbranched alkanes of at least 4 members (excludes halogenated alkanes) is 8. The van der Waals surface area contributed by atoms with Crippen LogP contribution in [0.15, 0.2) is 0 Å². The molecule has 2 rings (SSSR count). The van der Waals surface area contributed by atoms with Crippen LogP contribution in [0.2, 0.25) is 0 Å². The molecule has 3 heteroatoms. The molecule has 19 heavy (non-hydrogen) atoms. The van der Waals surface area contributed by atoms with Crippen LogP contribution in [0.1, 0.15) is 77.6 Å². The molecule has 3 atom stereocenters. The maximum absolute atomic E-state index is 11.4. The number of cyclic esters (lactones) is 1. The number of rotatable bonds is 10. The first kappa shape index (κ1) is 14.8. The van der Waals surface area contributed by atoms with Gasteiger partial charge in [-0.1, -0.05) is 58.3 Å². The Hall–Kier alpha value is -0.570. The first-order valence-electron chi connectivity index (χ1n) is 8.17. The van der Waals surface area contributed by atoms with Gasteiger partial charge in [-0.15, -0.1) is 0 Å². The first-order chi connectivity index (χ1) is 9.31. The highest BCUT2D eigenvalue weighted by atomic mass is 16.7. The van der Waals surface area contributed by atoms with E-state index in [1.807, 2.05) is 0 Å². The van der Waals surface area contributed by atoms with Crippen LogP contribution in [0.5, 0.6) is 0 Å². The van der Waals surface area contributed by atoms with Gasteiger partial charge in [0.2, 0.25) is 0 Å². The third-order valence-electron chi connectivity index (χ3n) is 4.22. The fourth-order valence-electron chi connectivity index (χ4n) is 2.93. The SMILES string of the molecule is CCCCCCCCCCC[C@H]1C[C@@H]2O[C@@H]2C(=O)O1. The van der Waals surface area contributed by atoms with E-state index >= 15 is 0 Å². The summed E-state index contributed by atoms with van der Waals surface area (Å²) in [6.45, 7) is 2.26. The van der Waals surface area contributed by atoms with Crippen molar-refractivity contribution >= 4 is 5.97 Å². The highest BCUT2D eigenvalue weighted by Gasteiger charge is 2.51. The Morgan fingerprint density at radius 1 is 1.00 bits per heavy atom. The van der Waals surface area contributed by atoms with E-state index in [1.165, 1.54) is 57.8 Å². The molecule has 2 fully saturated rings. The molecule has 0 aromatic heterocycles. The average molecular weight is 268 g/mol. The number of ether oxygens (including phenoxy) is 2. The molecule has 2 aliphatic heterocycles. The van der Waals surface area contributed by atoms with Gasteiger partial charge in [0.1, 0.15) is 6.10 Å². The summed E-state index contributed by atoms with van der Waals surface area (Å²) in [5, 5.41) is 0. The van der Waals surface area contributed by atoms with Gasteiger partial charge < -0.3 is 9.47 Å². The predicted octanol–water partition coefficient (Wildman–Crippen LogP) is 3.99. The number of carbonyl (C=O) groups is 1. The Morgan fingerprint density at radius 3 is 2.26 bits per heavy atom. The molecule has 3 nitrogen and oxygen atoms in total. The lowest BCUT2D eigenvalue weighted by atomic mass is 10.0. The smallest absolute Gasteiger partial charge is 0.338 e. The molecule has 0 aromatic carbocycles. The number of hydrogen-bond acceptors (Lipinski definition) is 3. The van der Waals surface area contributed by atoms with Gasteiger partial charge in [0.15, 0.2) is 6.10 Å². The van der Waals surface area contributed by atoms with Crippen LogP contribution in [0.25, 0.3) is 0 Å². The molecule has 0 radical (unpaired) electrons. The summed E-state index contributed by atoms with van der Waals surface area (Å²) in [6.07, 6.45) is 14.1. The molecule has 2 aliphatic rings. The second-order valence-corrected chi connectivity index (χ2v) is 6.01. The largest absolute Gasteiger partial charge is 0.460 e. The Morgan fingerprint density at radius 2 is 1.63 bits per heavy atom. The summed E-state index contributed by atoms with van der Waals surface area (Å²) in [6, 6.07) is 0. The number of carbonyl (C=O) groups excluding carboxylic acids is 1. The lowest BCUT2D eigenvalue weighted by Gasteiger charge is -2.19. The fraction of sp³-hybridized carbons (Fsp3) is 0.938. The highest BCUT2D eigenvalue weighted by Crippen LogP contribution is 2.35. The molecule has 0 amide bonds. The zero-order valence-electron chi connectivity index (χ0n) is 12.2. The quantitative estimate of drug-likeness (QED) is 0.341. The lowest BCUT2D eigenvalue weighted by molar-refractivity contribution is -0.152. The summed E-state index contributed by atoms with van der Waals surface area (Å²) in [4.78, 5) is 11.4. The van der Waals surface area contributed by atoms with E-state index in [1.54, 1.807) is 0 Å². The van der Waals surface area contributed by atoms with Crippen LogP contribution in [0, 0.1) is 0 Å². The molecule has 0 unspecified atom stereocenters. The van der Waals surface area contributed by atoms with Gasteiger partial charge in [-0.25, -0.2) is 4.79 Å². The molecule has 2 saturated heterocycles. The van der Waals surface area contributed by atoms with Crippen molar-refractivity contribution in [1.82, 2.24) is 0 Å². The van der Waals surface area contributed by atoms with Crippen LogP contribution in [0.4, 0.5) is 0 Å². The summed E-state index contributed by atoms with van der Waals surface area (Å²) >= 11 is 0. The van der Waals surface area contributed by atoms with Crippen molar-refractivity contribution in [2.24, 2.45) is 0 Å². The summed E-state index contributed by atoms with van der Waals surface area (Å²) in [5.41, 5.74) is 0. The Labute approximate surface area is 117 Å². The van der Waals surface area contributed by atoms with Crippen LogP contribution in [-0.4, -0.2) is 24.3 Å². The van der Waals surface area contributed by atoms with Crippen molar-refractivity contribution < 1.29 is 14.3 Å². The minimum Gasteiger partial charge on any atom is -0.460 e. The number of epoxide rings is 1. The summed E-state index contributed by atoms with van der Waals surface area (Å²) < 4.78 is 10.6. The second kappa shape index (κ2) is 7.88. The van der Waals surface area contributed by atoms with Crippen LogP contribution in [-0.2, 0) is 14.3 Å². The number of esters is 1. The maximum Gasteiger partial charge on any atom is 0.338 e. The van der Waals surface area contributed by atoms with Gasteiger partial charge in [-0.05, 0) is 12.8 Å². The minimum atomic E-state index is -0.209. The van der Waals surface area contributed by atoms with E-state index in [0.717, 1.165) is 12.8 Å². The van der Waals surface area contributed by atoms with Crippen molar-refractivity contribution in [3.05, 3.63) is 0 Å². The van der Waals surface area contributed by atoms with Gasteiger partial charge in [-0.2, -0.15) is 0 Å². The number of fused-ring (bicyclic) bond motifs is 1. The molecular formula is C16H28O3. The molecule has 0 bridgehead atoms. The average Bonchev–Trinajstić information content (AvgIpc) is 3.17. The molecule has 110 valence electrons. The molecule has 0 aromatic rings. The van der Waals surface area contributed by atoms with Gasteiger partial charge in [0.25, 0.3) is 0 Å². The van der Waals surface area contributed by atoms with Crippen molar-refractivity contribution in [2.75, 3.05) is 0 Å². The van der Waals surface area contributed by atoms with Gasteiger partial charge in [0.05, 0.1) is 6.10 Å². The lowest BCUT2D eigenvalue weighted by Crippen LogP contribution is -2.29. The predicted molar refractivity (Wildman–Crippen MR) is 75.0 cm³/mol. The topological polar surface area (TPSA) is 38.8 Å². The standard InChI is InChI=1S/C16H28O3/c1-2-3-4-5-6-7-8-9-10-11-13-12-14-15(19-14)16(17)18-13/h13-15H,2-12H2,1H3/t13-,14-,15-/m0/s1. The molecule has 0 saturated carbocycles. The van der Waals surface area contributed by atoms with Gasteiger partial charge >= 0.3 is 5.97 Å². The third kappa shape index (κ3) is 5.13. The van der Waals surface area contributed by atoms with Crippen molar-refractivity contribution in [1.29, 1.82) is 0 Å². The van der Waals surface area contributed by atoms with Crippen molar-refractivity contribution in [3.63, 3.8) is 0 Å². The van der Waals surface area contributed by atoms with E-state index in [-0.39, 0.29) is 24.3 Å². The zero-order valence-corrected chi connectivity index (χ0v) is 12.2. The van der Waals surface area contributed by atoms with E-state index in [0.29, 0.717) is 0 Å². The van der Waals surface area contributed by atoms with E-state index in [2.05, 4.69) is 6.92 Å². The Balaban J connectivity index is 1.39. The van der Waals surface area contributed by atoms with Crippen LogP contribution < -0.4 is 0 Å². The Kier molecular flexibility index (Phi) is 6.15. The van der Waals surface area contributed by atoms with E-state index in [9.17, 15) is 4.79 Å². The minimum absolute atomic E-state index is 0.126. The first-order valence-corrected chi connectivity index (χ1v) is 8.17. The number of hydrogen-bond donors (Lipinski definition) is 0. The van der Waals surface area contributed by atoms with Crippen LogP contribution in [0.3, 0.4) is 0 Å². The normalized spacial score (nSPS) is 28.9. The maximum atomic E-state index is 11.4. The highest BCUT2D eigenvalue weighted by molar-refractivity contribution is 5.79. The van der Waals surface area contributed by atoms with E-state index < -0.39 is 0 Å². The fourth-order valence-corrected chi connectivity index (χ4v) is 2.93. The molecule has 0 aliphatic carbocycles. The zero-order chi connectivity index (χ0) is 13.5. The van der Waals surface area contributed by atoms with Gasteiger partial charge in [0, 0.05) is 6.42 Å². The Bertz CT molecular complexity index is 277. The second-order valence-electron chi connectivity index (χ2n) is 6.01. The third-order valence-corrected chi connectivity index (χ3v) is 4.22. The monoisotopic (exact) mass is 268 g/mol. The van der Waals surface area contributed by atoms with Crippen molar-refractivity contribution in [3.8, 4) is 0 Å². The summed E-state index contributed by atoms with van der Waals surface area (Å²) in [7, 11) is 0. The van der Waals surface area contributed by atoms with Gasteiger partial charge in [-0.3, -0.25) is 0 Å². The molecule has 2 heterocycles. The molecular weight excluding hydrogens is 240 g/mol. The van der Waals surface area contributed by atoms with Crippen molar-refractivity contribution in [2.45, 2.75) is 95.9 Å². The molecule has 0 N–H and O–H groups in total. The van der Waals surface area contributed by atoms with Crippen LogP contribution >= 0.6 is 0 Å². The summed E-state index contributed by atoms with van der Waals surface area (Å²) in [5.74, 6) is -0.128.